The zero-order valence-electron chi connectivity index (χ0n) is 6.89. The van der Waals surface area contributed by atoms with Crippen LogP contribution in [0.5, 0.6) is 0 Å². The Bertz CT molecular complexity index is 95.3. The molecular formula is C8H17NO. The number of rotatable bonds is 1. The van der Waals surface area contributed by atoms with E-state index in [9.17, 15) is 0 Å². The number of likely N-dealkylation sites (N-methyl/N-ethyl adjacent to an activating group) is 1. The van der Waals surface area contributed by atoms with E-state index in [1.54, 1.807) is 0 Å². The molecule has 1 aliphatic heterocycles. The Labute approximate surface area is 63.0 Å². The van der Waals surface area contributed by atoms with Crippen molar-refractivity contribution in [3.8, 4) is 0 Å². The first-order chi connectivity index (χ1) is 4.83. The van der Waals surface area contributed by atoms with Crippen LogP contribution < -0.4 is 5.32 Å². The van der Waals surface area contributed by atoms with Gasteiger partial charge in [-0.1, -0.05) is 6.92 Å². The lowest BCUT2D eigenvalue weighted by molar-refractivity contribution is 0.108. The van der Waals surface area contributed by atoms with Crippen molar-refractivity contribution in [1.82, 2.24) is 5.32 Å². The highest BCUT2D eigenvalue weighted by atomic mass is 16.5. The smallest absolute Gasteiger partial charge is 0.0619 e. The molecule has 0 spiro atoms. The number of hydrogen-bond acceptors (Lipinski definition) is 2. The van der Waals surface area contributed by atoms with Crippen LogP contribution in [0.4, 0.5) is 0 Å². The minimum Gasteiger partial charge on any atom is -0.380 e. The lowest BCUT2D eigenvalue weighted by atomic mass is 10.0. The molecular weight excluding hydrogens is 126 g/mol. The molecule has 1 heterocycles. The first kappa shape index (κ1) is 8.02. The molecule has 0 aromatic carbocycles. The molecule has 1 aliphatic rings. The minimum atomic E-state index is 0.588. The molecule has 2 nitrogen and oxygen atoms in total. The Morgan fingerprint density at radius 2 is 2.10 bits per heavy atom. The highest BCUT2D eigenvalue weighted by molar-refractivity contribution is 4.69. The van der Waals surface area contributed by atoms with Crippen molar-refractivity contribution in [2.75, 3.05) is 20.3 Å². The molecule has 1 rings (SSSR count). The van der Waals surface area contributed by atoms with E-state index in [1.807, 2.05) is 7.05 Å². The molecule has 0 amide bonds. The predicted molar refractivity (Wildman–Crippen MR) is 42.1 cm³/mol. The molecule has 2 heteroatoms. The summed E-state index contributed by atoms with van der Waals surface area (Å²) in [6.07, 6.45) is 2.56. The van der Waals surface area contributed by atoms with Gasteiger partial charge in [-0.15, -0.1) is 0 Å². The molecule has 2 atom stereocenters. The van der Waals surface area contributed by atoms with E-state index in [4.69, 9.17) is 4.74 Å². The summed E-state index contributed by atoms with van der Waals surface area (Å²) in [6.45, 7) is 4.08. The molecule has 1 N–H and O–H groups in total. The van der Waals surface area contributed by atoms with Crippen LogP contribution in [0.2, 0.25) is 0 Å². The first-order valence-corrected chi connectivity index (χ1v) is 4.08. The zero-order chi connectivity index (χ0) is 7.40. The Morgan fingerprint density at radius 3 is 2.80 bits per heavy atom. The Morgan fingerprint density at radius 1 is 1.30 bits per heavy atom. The fourth-order valence-corrected chi connectivity index (χ4v) is 1.29. The Balaban J connectivity index is 2.26. The van der Waals surface area contributed by atoms with Crippen molar-refractivity contribution in [2.24, 2.45) is 5.92 Å². The second kappa shape index (κ2) is 3.94. The maximum Gasteiger partial charge on any atom is 0.0619 e. The SMILES string of the molecule is CNC1CCC(C)COC1. The van der Waals surface area contributed by atoms with Crippen LogP contribution >= 0.6 is 0 Å². The molecule has 10 heavy (non-hydrogen) atoms. The Kier molecular flexibility index (Phi) is 3.16. The number of hydrogen-bond donors (Lipinski definition) is 1. The molecule has 0 bridgehead atoms. The third-order valence-corrected chi connectivity index (χ3v) is 2.14. The number of ether oxygens (including phenoxy) is 1. The van der Waals surface area contributed by atoms with Crippen molar-refractivity contribution in [3.63, 3.8) is 0 Å². The average molecular weight is 143 g/mol. The van der Waals surface area contributed by atoms with Crippen LogP contribution in [0, 0.1) is 5.92 Å². The van der Waals surface area contributed by atoms with E-state index in [-0.39, 0.29) is 0 Å². The maximum absolute atomic E-state index is 5.45. The Hall–Kier alpha value is -0.0800. The third kappa shape index (κ3) is 2.27. The lowest BCUT2D eigenvalue weighted by Gasteiger charge is -2.10. The summed E-state index contributed by atoms with van der Waals surface area (Å²) in [6, 6.07) is 0.588. The van der Waals surface area contributed by atoms with Gasteiger partial charge in [0.15, 0.2) is 0 Å². The minimum absolute atomic E-state index is 0.588. The van der Waals surface area contributed by atoms with Gasteiger partial charge in [-0.3, -0.25) is 0 Å². The normalized spacial score (nSPS) is 35.4. The van der Waals surface area contributed by atoms with Crippen molar-refractivity contribution in [2.45, 2.75) is 25.8 Å². The van der Waals surface area contributed by atoms with E-state index in [1.165, 1.54) is 12.8 Å². The third-order valence-electron chi connectivity index (χ3n) is 2.14. The molecule has 1 saturated heterocycles. The van der Waals surface area contributed by atoms with E-state index < -0.39 is 0 Å². The van der Waals surface area contributed by atoms with Crippen molar-refractivity contribution in [1.29, 1.82) is 0 Å². The van der Waals surface area contributed by atoms with Crippen LogP contribution in [-0.2, 0) is 4.74 Å². The lowest BCUT2D eigenvalue weighted by Crippen LogP contribution is -2.28. The topological polar surface area (TPSA) is 21.3 Å². The van der Waals surface area contributed by atoms with Gasteiger partial charge >= 0.3 is 0 Å². The van der Waals surface area contributed by atoms with Gasteiger partial charge in [-0.2, -0.15) is 0 Å². The van der Waals surface area contributed by atoms with E-state index in [2.05, 4.69) is 12.2 Å². The van der Waals surface area contributed by atoms with E-state index >= 15 is 0 Å². The summed E-state index contributed by atoms with van der Waals surface area (Å²) in [5.41, 5.74) is 0. The second-order valence-corrected chi connectivity index (χ2v) is 3.21. The molecule has 2 unspecified atom stereocenters. The fraction of sp³-hybridized carbons (Fsp3) is 1.00. The molecule has 0 saturated carbocycles. The second-order valence-electron chi connectivity index (χ2n) is 3.21. The van der Waals surface area contributed by atoms with Crippen LogP contribution in [0.1, 0.15) is 19.8 Å². The standard InChI is InChI=1S/C8H17NO/c1-7-3-4-8(9-2)6-10-5-7/h7-9H,3-6H2,1-2H3. The van der Waals surface area contributed by atoms with Crippen LogP contribution in [0.15, 0.2) is 0 Å². The van der Waals surface area contributed by atoms with Gasteiger partial charge in [0.2, 0.25) is 0 Å². The van der Waals surface area contributed by atoms with Gasteiger partial charge < -0.3 is 10.1 Å². The molecule has 1 fully saturated rings. The monoisotopic (exact) mass is 143 g/mol. The summed E-state index contributed by atoms with van der Waals surface area (Å²) in [4.78, 5) is 0. The van der Waals surface area contributed by atoms with Gasteiger partial charge in [0.25, 0.3) is 0 Å². The van der Waals surface area contributed by atoms with Crippen LogP contribution in [0.25, 0.3) is 0 Å². The molecule has 0 aliphatic carbocycles. The maximum atomic E-state index is 5.45. The van der Waals surface area contributed by atoms with Crippen molar-refractivity contribution < 1.29 is 4.74 Å². The summed E-state index contributed by atoms with van der Waals surface area (Å²) in [7, 11) is 2.00. The molecule has 0 radical (unpaired) electrons. The highest BCUT2D eigenvalue weighted by Crippen LogP contribution is 2.12. The van der Waals surface area contributed by atoms with E-state index in [0.717, 1.165) is 19.1 Å². The highest BCUT2D eigenvalue weighted by Gasteiger charge is 2.13. The molecule has 60 valence electrons. The van der Waals surface area contributed by atoms with Gasteiger partial charge in [0.05, 0.1) is 6.61 Å². The van der Waals surface area contributed by atoms with Crippen LogP contribution in [0.3, 0.4) is 0 Å². The van der Waals surface area contributed by atoms with Gasteiger partial charge in [0, 0.05) is 12.6 Å². The summed E-state index contributed by atoms with van der Waals surface area (Å²) in [5.74, 6) is 0.748. The van der Waals surface area contributed by atoms with Gasteiger partial charge in [0.1, 0.15) is 0 Å². The quantitative estimate of drug-likeness (QED) is 0.591. The zero-order valence-corrected chi connectivity index (χ0v) is 6.89. The van der Waals surface area contributed by atoms with Crippen LogP contribution in [-0.4, -0.2) is 26.3 Å². The largest absolute Gasteiger partial charge is 0.380 e. The van der Waals surface area contributed by atoms with Crippen molar-refractivity contribution in [3.05, 3.63) is 0 Å². The van der Waals surface area contributed by atoms with Crippen molar-refractivity contribution >= 4 is 0 Å². The molecule has 0 aromatic heterocycles. The number of nitrogens with one attached hydrogen (secondary N) is 1. The first-order valence-electron chi connectivity index (χ1n) is 4.08. The van der Waals surface area contributed by atoms with Gasteiger partial charge in [-0.05, 0) is 25.8 Å². The van der Waals surface area contributed by atoms with Gasteiger partial charge in [-0.25, -0.2) is 0 Å². The predicted octanol–water partition coefficient (Wildman–Crippen LogP) is 1.02. The summed E-state index contributed by atoms with van der Waals surface area (Å²) >= 11 is 0. The fourth-order valence-electron chi connectivity index (χ4n) is 1.29. The summed E-state index contributed by atoms with van der Waals surface area (Å²) < 4.78 is 5.45. The molecule has 0 aromatic rings. The summed E-state index contributed by atoms with van der Waals surface area (Å²) in [5, 5.41) is 3.24. The average Bonchev–Trinajstić information content (AvgIpc) is 2.14. The van der Waals surface area contributed by atoms with E-state index in [0.29, 0.717) is 6.04 Å².